The smallest absolute Gasteiger partial charge is 0.193 e. The topological polar surface area (TPSA) is 48.7 Å². The fraction of sp³-hybridized carbons (Fsp3) is 0.778. The van der Waals surface area contributed by atoms with Crippen molar-refractivity contribution in [1.82, 2.24) is 24.7 Å². The SMILES string of the molecule is CCN(CC)C(C)CNC(=NC)N1CCC(C)C(n2ccnc2)C1. The Kier molecular flexibility index (Phi) is 7.09. The van der Waals surface area contributed by atoms with Crippen LogP contribution in [-0.2, 0) is 0 Å². The molecule has 1 fully saturated rings. The van der Waals surface area contributed by atoms with E-state index in [2.05, 4.69) is 63.6 Å². The van der Waals surface area contributed by atoms with Crippen LogP contribution in [-0.4, -0.2) is 71.1 Å². The summed E-state index contributed by atoms with van der Waals surface area (Å²) in [5.41, 5.74) is 0. The molecule has 1 aliphatic rings. The average Bonchev–Trinajstić information content (AvgIpc) is 3.12. The van der Waals surface area contributed by atoms with Gasteiger partial charge in [0, 0.05) is 45.1 Å². The zero-order valence-electron chi connectivity index (χ0n) is 15.9. The van der Waals surface area contributed by atoms with Crippen LogP contribution in [0.4, 0.5) is 0 Å². The highest BCUT2D eigenvalue weighted by Gasteiger charge is 2.29. The summed E-state index contributed by atoms with van der Waals surface area (Å²) in [4.78, 5) is 13.6. The fourth-order valence-corrected chi connectivity index (χ4v) is 3.64. The summed E-state index contributed by atoms with van der Waals surface area (Å²) < 4.78 is 2.24. The lowest BCUT2D eigenvalue weighted by Gasteiger charge is -2.39. The van der Waals surface area contributed by atoms with Gasteiger partial charge in [0.1, 0.15) is 0 Å². The Morgan fingerprint density at radius 2 is 2.17 bits per heavy atom. The normalized spacial score (nSPS) is 23.6. The third kappa shape index (κ3) is 4.50. The van der Waals surface area contributed by atoms with Crippen molar-refractivity contribution in [3.8, 4) is 0 Å². The van der Waals surface area contributed by atoms with Gasteiger partial charge in [0.2, 0.25) is 0 Å². The molecule has 6 nitrogen and oxygen atoms in total. The lowest BCUT2D eigenvalue weighted by atomic mass is 9.93. The summed E-state index contributed by atoms with van der Waals surface area (Å²) in [7, 11) is 1.88. The Balaban J connectivity index is 1.95. The van der Waals surface area contributed by atoms with E-state index in [4.69, 9.17) is 0 Å². The maximum atomic E-state index is 4.52. The number of likely N-dealkylation sites (N-methyl/N-ethyl adjacent to an activating group) is 1. The molecule has 1 aromatic heterocycles. The van der Waals surface area contributed by atoms with Crippen molar-refractivity contribution >= 4 is 5.96 Å². The largest absolute Gasteiger partial charge is 0.355 e. The van der Waals surface area contributed by atoms with Crippen molar-refractivity contribution in [3.05, 3.63) is 18.7 Å². The molecule has 6 heteroatoms. The first-order chi connectivity index (χ1) is 11.6. The van der Waals surface area contributed by atoms with Crippen LogP contribution in [0.3, 0.4) is 0 Å². The maximum absolute atomic E-state index is 4.52. The quantitative estimate of drug-likeness (QED) is 0.639. The number of aromatic nitrogens is 2. The molecule has 1 aromatic rings. The molecule has 2 heterocycles. The number of rotatable bonds is 6. The van der Waals surface area contributed by atoms with Gasteiger partial charge in [-0.15, -0.1) is 0 Å². The molecule has 2 rings (SSSR count). The molecular formula is C18H34N6. The molecule has 3 unspecified atom stereocenters. The fourth-order valence-electron chi connectivity index (χ4n) is 3.64. The van der Waals surface area contributed by atoms with Crippen molar-refractivity contribution < 1.29 is 0 Å². The van der Waals surface area contributed by atoms with E-state index in [-0.39, 0.29) is 0 Å². The number of nitrogens with one attached hydrogen (secondary N) is 1. The second-order valence-electron chi connectivity index (χ2n) is 6.79. The van der Waals surface area contributed by atoms with Crippen LogP contribution in [0.1, 0.15) is 40.2 Å². The van der Waals surface area contributed by atoms with Gasteiger partial charge < -0.3 is 14.8 Å². The second-order valence-corrected chi connectivity index (χ2v) is 6.79. The van der Waals surface area contributed by atoms with E-state index in [1.165, 1.54) is 6.42 Å². The highest BCUT2D eigenvalue weighted by Crippen LogP contribution is 2.27. The minimum absolute atomic E-state index is 0.458. The van der Waals surface area contributed by atoms with Crippen molar-refractivity contribution in [2.75, 3.05) is 39.8 Å². The Morgan fingerprint density at radius 1 is 1.42 bits per heavy atom. The molecule has 0 bridgehead atoms. The van der Waals surface area contributed by atoms with Crippen LogP contribution >= 0.6 is 0 Å². The van der Waals surface area contributed by atoms with Crippen molar-refractivity contribution in [1.29, 1.82) is 0 Å². The third-order valence-corrected chi connectivity index (χ3v) is 5.33. The Morgan fingerprint density at radius 3 is 2.75 bits per heavy atom. The summed E-state index contributed by atoms with van der Waals surface area (Å²) in [5.74, 6) is 1.68. The summed E-state index contributed by atoms with van der Waals surface area (Å²) in [5, 5.41) is 3.58. The molecule has 136 valence electrons. The standard InChI is InChI=1S/C18H34N6/c1-6-22(7-2)16(4)12-21-18(19-5)23-10-8-15(3)17(13-23)24-11-9-20-14-24/h9,11,14-17H,6-8,10,12-13H2,1-5H3,(H,19,21). The third-order valence-electron chi connectivity index (χ3n) is 5.33. The molecule has 24 heavy (non-hydrogen) atoms. The molecule has 0 aromatic carbocycles. The van der Waals surface area contributed by atoms with Crippen LogP contribution in [0.25, 0.3) is 0 Å². The number of hydrogen-bond acceptors (Lipinski definition) is 3. The average molecular weight is 335 g/mol. The van der Waals surface area contributed by atoms with Crippen molar-refractivity contribution in [3.63, 3.8) is 0 Å². The lowest BCUT2D eigenvalue weighted by molar-refractivity contribution is 0.186. The van der Waals surface area contributed by atoms with Gasteiger partial charge >= 0.3 is 0 Å². The molecular weight excluding hydrogens is 300 g/mol. The Labute approximate surface area is 147 Å². The first kappa shape index (κ1) is 18.8. The van der Waals surface area contributed by atoms with E-state index in [1.54, 1.807) is 0 Å². The number of aliphatic imine (C=N–C) groups is 1. The molecule has 0 spiro atoms. The van der Waals surface area contributed by atoms with Crippen molar-refractivity contribution in [2.45, 2.75) is 46.2 Å². The van der Waals surface area contributed by atoms with E-state index in [0.29, 0.717) is 18.0 Å². The zero-order chi connectivity index (χ0) is 17.5. The van der Waals surface area contributed by atoms with E-state index in [1.807, 2.05) is 19.6 Å². The van der Waals surface area contributed by atoms with Crippen LogP contribution < -0.4 is 5.32 Å². The molecule has 3 atom stereocenters. The van der Waals surface area contributed by atoms with Crippen molar-refractivity contribution in [2.24, 2.45) is 10.9 Å². The Bertz CT molecular complexity index is 494. The first-order valence-electron chi connectivity index (χ1n) is 9.27. The second kappa shape index (κ2) is 9.06. The highest BCUT2D eigenvalue weighted by molar-refractivity contribution is 5.80. The Hall–Kier alpha value is -1.56. The molecule has 0 saturated carbocycles. The van der Waals surface area contributed by atoms with Gasteiger partial charge in [-0.2, -0.15) is 0 Å². The van der Waals surface area contributed by atoms with Gasteiger partial charge in [0.15, 0.2) is 5.96 Å². The van der Waals surface area contributed by atoms with Gasteiger partial charge in [0.25, 0.3) is 0 Å². The van der Waals surface area contributed by atoms with Gasteiger partial charge in [-0.25, -0.2) is 4.98 Å². The van der Waals surface area contributed by atoms with Crippen LogP contribution in [0.5, 0.6) is 0 Å². The minimum atomic E-state index is 0.458. The van der Waals surface area contributed by atoms with Gasteiger partial charge in [-0.1, -0.05) is 20.8 Å². The van der Waals surface area contributed by atoms with Crippen LogP contribution in [0, 0.1) is 5.92 Å². The van der Waals surface area contributed by atoms with Gasteiger partial charge in [-0.3, -0.25) is 9.89 Å². The predicted octanol–water partition coefficient (Wildman–Crippen LogP) is 2.07. The number of hydrogen-bond donors (Lipinski definition) is 1. The van der Waals surface area contributed by atoms with E-state index < -0.39 is 0 Å². The molecule has 0 aliphatic carbocycles. The van der Waals surface area contributed by atoms with Crippen LogP contribution in [0.15, 0.2) is 23.7 Å². The summed E-state index contributed by atoms with van der Waals surface area (Å²) in [6.07, 6.45) is 7.05. The van der Waals surface area contributed by atoms with E-state index in [0.717, 1.165) is 38.7 Å². The van der Waals surface area contributed by atoms with Gasteiger partial charge in [-0.05, 0) is 32.4 Å². The maximum Gasteiger partial charge on any atom is 0.193 e. The molecule has 0 amide bonds. The van der Waals surface area contributed by atoms with Crippen LogP contribution in [0.2, 0.25) is 0 Å². The number of guanidine groups is 1. The van der Waals surface area contributed by atoms with E-state index in [9.17, 15) is 0 Å². The molecule has 1 saturated heterocycles. The zero-order valence-corrected chi connectivity index (χ0v) is 15.9. The van der Waals surface area contributed by atoms with Gasteiger partial charge in [0.05, 0.1) is 12.4 Å². The monoisotopic (exact) mass is 334 g/mol. The summed E-state index contributed by atoms with van der Waals surface area (Å²) in [6, 6.07) is 0.963. The molecule has 0 radical (unpaired) electrons. The van der Waals surface area contributed by atoms with E-state index >= 15 is 0 Å². The predicted molar refractivity (Wildman–Crippen MR) is 100 cm³/mol. The first-order valence-corrected chi connectivity index (χ1v) is 9.27. The number of piperidine rings is 1. The summed E-state index contributed by atoms with van der Waals surface area (Å²) >= 11 is 0. The number of imidazole rings is 1. The molecule has 1 N–H and O–H groups in total. The number of likely N-dealkylation sites (tertiary alicyclic amines) is 1. The summed E-state index contributed by atoms with van der Waals surface area (Å²) in [6.45, 7) is 14.2. The number of nitrogens with zero attached hydrogens (tertiary/aromatic N) is 5. The lowest BCUT2D eigenvalue weighted by Crippen LogP contribution is -2.51. The highest BCUT2D eigenvalue weighted by atomic mass is 15.3. The molecule has 1 aliphatic heterocycles. The minimum Gasteiger partial charge on any atom is -0.355 e.